The third-order valence-corrected chi connectivity index (χ3v) is 3.50. The molecule has 0 spiro atoms. The molecule has 2 fully saturated rings. The lowest BCUT2D eigenvalue weighted by atomic mass is 10.0. The van der Waals surface area contributed by atoms with Crippen molar-refractivity contribution in [2.75, 3.05) is 13.2 Å². The van der Waals surface area contributed by atoms with E-state index < -0.39 is 0 Å². The van der Waals surface area contributed by atoms with Gasteiger partial charge in [0.05, 0.1) is 5.54 Å². The lowest BCUT2D eigenvalue weighted by molar-refractivity contribution is 0.103. The second-order valence-corrected chi connectivity index (χ2v) is 4.82. The van der Waals surface area contributed by atoms with Crippen LogP contribution in [-0.4, -0.2) is 23.3 Å². The van der Waals surface area contributed by atoms with Gasteiger partial charge in [0, 0.05) is 6.61 Å². The zero-order valence-corrected chi connectivity index (χ0v) is 9.53. The third-order valence-electron chi connectivity index (χ3n) is 3.50. The first-order chi connectivity index (χ1) is 7.78. The number of aromatic nitrogens is 2. The molecule has 1 N–H and O–H groups in total. The summed E-state index contributed by atoms with van der Waals surface area (Å²) < 4.78 is 10.9. The SMILES string of the molecule is CC1(c2nc(C3CCCO3)no2)CCCN1. The Kier molecular flexibility index (Phi) is 2.44. The second kappa shape index (κ2) is 3.82. The maximum absolute atomic E-state index is 5.54. The Morgan fingerprint density at radius 1 is 1.44 bits per heavy atom. The summed E-state index contributed by atoms with van der Waals surface area (Å²) in [6.07, 6.45) is 4.35. The first-order valence-corrected chi connectivity index (χ1v) is 5.99. The van der Waals surface area contributed by atoms with Crippen LogP contribution in [0.1, 0.15) is 50.4 Å². The Balaban J connectivity index is 1.81. The van der Waals surface area contributed by atoms with Gasteiger partial charge in [-0.15, -0.1) is 0 Å². The van der Waals surface area contributed by atoms with Crippen LogP contribution in [0, 0.1) is 0 Å². The van der Waals surface area contributed by atoms with Crippen LogP contribution in [-0.2, 0) is 10.3 Å². The summed E-state index contributed by atoms with van der Waals surface area (Å²) in [4.78, 5) is 4.48. The van der Waals surface area contributed by atoms with E-state index in [1.807, 2.05) is 0 Å². The minimum absolute atomic E-state index is 0.0440. The van der Waals surface area contributed by atoms with Gasteiger partial charge in [-0.2, -0.15) is 4.98 Å². The molecule has 0 bridgehead atoms. The molecule has 0 aromatic carbocycles. The van der Waals surface area contributed by atoms with Crippen molar-refractivity contribution in [3.8, 4) is 0 Å². The number of nitrogens with one attached hydrogen (secondary N) is 1. The van der Waals surface area contributed by atoms with E-state index in [1.165, 1.54) is 0 Å². The zero-order valence-electron chi connectivity index (χ0n) is 9.53. The maximum atomic E-state index is 5.54. The van der Waals surface area contributed by atoms with Crippen LogP contribution in [0.3, 0.4) is 0 Å². The molecule has 2 aliphatic heterocycles. The van der Waals surface area contributed by atoms with Gasteiger partial charge in [-0.25, -0.2) is 0 Å². The Labute approximate surface area is 94.6 Å². The number of hydrogen-bond donors (Lipinski definition) is 1. The van der Waals surface area contributed by atoms with Crippen molar-refractivity contribution < 1.29 is 9.26 Å². The Morgan fingerprint density at radius 3 is 3.06 bits per heavy atom. The first kappa shape index (κ1) is 10.2. The van der Waals surface area contributed by atoms with E-state index in [0.717, 1.165) is 38.8 Å². The minimum atomic E-state index is -0.135. The van der Waals surface area contributed by atoms with Crippen molar-refractivity contribution in [2.45, 2.75) is 44.2 Å². The van der Waals surface area contributed by atoms with Gasteiger partial charge in [0.15, 0.2) is 0 Å². The molecule has 5 heteroatoms. The van der Waals surface area contributed by atoms with E-state index in [1.54, 1.807) is 0 Å². The largest absolute Gasteiger partial charge is 0.370 e. The van der Waals surface area contributed by atoms with Gasteiger partial charge in [-0.3, -0.25) is 0 Å². The molecule has 0 aliphatic carbocycles. The standard InChI is InChI=1S/C11H17N3O2/c1-11(5-3-6-12-11)10-13-9(14-16-10)8-4-2-7-15-8/h8,12H,2-7H2,1H3. The fourth-order valence-corrected chi connectivity index (χ4v) is 2.45. The fraction of sp³-hybridized carbons (Fsp3) is 0.818. The summed E-state index contributed by atoms with van der Waals surface area (Å²) in [5, 5.41) is 7.45. The van der Waals surface area contributed by atoms with Crippen molar-refractivity contribution in [2.24, 2.45) is 0 Å². The number of rotatable bonds is 2. The molecule has 88 valence electrons. The van der Waals surface area contributed by atoms with Gasteiger partial charge in [0.25, 0.3) is 0 Å². The highest BCUT2D eigenvalue weighted by Gasteiger charge is 2.36. The fourth-order valence-electron chi connectivity index (χ4n) is 2.45. The van der Waals surface area contributed by atoms with Crippen molar-refractivity contribution in [1.82, 2.24) is 15.5 Å². The van der Waals surface area contributed by atoms with Crippen molar-refractivity contribution in [1.29, 1.82) is 0 Å². The summed E-state index contributed by atoms with van der Waals surface area (Å²) in [6.45, 7) is 3.95. The molecule has 1 aromatic rings. The topological polar surface area (TPSA) is 60.2 Å². The van der Waals surface area contributed by atoms with E-state index in [0.29, 0.717) is 11.7 Å². The molecule has 0 amide bonds. The zero-order chi connectivity index (χ0) is 11.0. The average Bonchev–Trinajstić information content (AvgIpc) is 2.98. The minimum Gasteiger partial charge on any atom is -0.370 e. The van der Waals surface area contributed by atoms with E-state index in [9.17, 15) is 0 Å². The quantitative estimate of drug-likeness (QED) is 0.823. The summed E-state index contributed by atoms with van der Waals surface area (Å²) in [6, 6.07) is 0. The van der Waals surface area contributed by atoms with E-state index in [4.69, 9.17) is 9.26 Å². The molecule has 0 radical (unpaired) electrons. The predicted molar refractivity (Wildman–Crippen MR) is 56.8 cm³/mol. The molecule has 2 unspecified atom stereocenters. The molecule has 3 heterocycles. The Morgan fingerprint density at radius 2 is 2.38 bits per heavy atom. The van der Waals surface area contributed by atoms with Crippen LogP contribution in [0.4, 0.5) is 0 Å². The number of nitrogens with zero attached hydrogens (tertiary/aromatic N) is 2. The molecular weight excluding hydrogens is 206 g/mol. The summed E-state index contributed by atoms with van der Waals surface area (Å²) in [7, 11) is 0. The third kappa shape index (κ3) is 1.64. The van der Waals surface area contributed by atoms with Gasteiger partial charge < -0.3 is 14.6 Å². The first-order valence-electron chi connectivity index (χ1n) is 5.99. The Hall–Kier alpha value is -0.940. The summed E-state index contributed by atoms with van der Waals surface area (Å²) in [5.74, 6) is 1.41. The molecule has 2 saturated heterocycles. The van der Waals surface area contributed by atoms with Crippen LogP contribution in [0.2, 0.25) is 0 Å². The van der Waals surface area contributed by atoms with Gasteiger partial charge in [0.2, 0.25) is 11.7 Å². The maximum Gasteiger partial charge on any atom is 0.246 e. The number of ether oxygens (including phenoxy) is 1. The molecule has 2 aliphatic rings. The van der Waals surface area contributed by atoms with Crippen molar-refractivity contribution >= 4 is 0 Å². The predicted octanol–water partition coefficient (Wildman–Crippen LogP) is 1.52. The monoisotopic (exact) mass is 223 g/mol. The van der Waals surface area contributed by atoms with Crippen LogP contribution in [0.25, 0.3) is 0 Å². The normalized spacial score (nSPS) is 34.7. The van der Waals surface area contributed by atoms with Crippen LogP contribution in [0.5, 0.6) is 0 Å². The average molecular weight is 223 g/mol. The summed E-state index contributed by atoms with van der Waals surface area (Å²) in [5.41, 5.74) is -0.135. The van der Waals surface area contributed by atoms with E-state index in [2.05, 4.69) is 22.4 Å². The molecule has 3 rings (SSSR count). The molecule has 2 atom stereocenters. The molecule has 0 saturated carbocycles. The molecule has 16 heavy (non-hydrogen) atoms. The Bertz CT molecular complexity index is 365. The van der Waals surface area contributed by atoms with Crippen LogP contribution < -0.4 is 5.32 Å². The highest BCUT2D eigenvalue weighted by Crippen LogP contribution is 2.32. The van der Waals surface area contributed by atoms with Gasteiger partial charge in [-0.1, -0.05) is 5.16 Å². The molecular formula is C11H17N3O2. The highest BCUT2D eigenvalue weighted by atomic mass is 16.5. The lowest BCUT2D eigenvalue weighted by Gasteiger charge is -2.18. The van der Waals surface area contributed by atoms with Gasteiger partial charge >= 0.3 is 0 Å². The van der Waals surface area contributed by atoms with Crippen molar-refractivity contribution in [3.05, 3.63) is 11.7 Å². The molecule has 1 aromatic heterocycles. The van der Waals surface area contributed by atoms with Crippen LogP contribution in [0.15, 0.2) is 4.52 Å². The smallest absolute Gasteiger partial charge is 0.246 e. The van der Waals surface area contributed by atoms with E-state index >= 15 is 0 Å². The van der Waals surface area contributed by atoms with Gasteiger partial charge in [0.1, 0.15) is 6.10 Å². The molecule has 5 nitrogen and oxygen atoms in total. The highest BCUT2D eigenvalue weighted by molar-refractivity contribution is 5.05. The number of hydrogen-bond acceptors (Lipinski definition) is 5. The lowest BCUT2D eigenvalue weighted by Crippen LogP contribution is -2.33. The summed E-state index contributed by atoms with van der Waals surface area (Å²) >= 11 is 0. The van der Waals surface area contributed by atoms with Crippen molar-refractivity contribution in [3.63, 3.8) is 0 Å². The van der Waals surface area contributed by atoms with Gasteiger partial charge in [-0.05, 0) is 39.2 Å². The van der Waals surface area contributed by atoms with Crippen LogP contribution >= 0.6 is 0 Å². The second-order valence-electron chi connectivity index (χ2n) is 4.82. The van der Waals surface area contributed by atoms with E-state index in [-0.39, 0.29) is 11.6 Å².